The van der Waals surface area contributed by atoms with Crippen LogP contribution in [-0.2, 0) is 16.8 Å². The zero-order chi connectivity index (χ0) is 26.5. The van der Waals surface area contributed by atoms with Gasteiger partial charge in [-0.3, -0.25) is 14.6 Å². The number of anilines is 2. The minimum atomic E-state index is -4.13. The zero-order valence-corrected chi connectivity index (χ0v) is 20.9. The van der Waals surface area contributed by atoms with Gasteiger partial charge in [-0.15, -0.1) is 0 Å². The summed E-state index contributed by atoms with van der Waals surface area (Å²) in [5, 5.41) is 0.221. The van der Waals surface area contributed by atoms with Crippen molar-refractivity contribution in [2.24, 2.45) is 0 Å². The maximum Gasteiger partial charge on any atom is 0.329 e. The van der Waals surface area contributed by atoms with Crippen molar-refractivity contribution in [2.45, 2.75) is 13.5 Å². The number of aldehydes is 1. The van der Waals surface area contributed by atoms with E-state index in [1.54, 1.807) is 6.92 Å². The van der Waals surface area contributed by atoms with Crippen LogP contribution in [0.2, 0.25) is 0 Å². The fourth-order valence-electron chi connectivity index (χ4n) is 4.15. The van der Waals surface area contributed by atoms with Crippen molar-refractivity contribution in [1.29, 1.82) is 0 Å². The molecule has 0 saturated heterocycles. The zero-order valence-electron chi connectivity index (χ0n) is 20.1. The van der Waals surface area contributed by atoms with Crippen LogP contribution in [0.5, 0.6) is 11.5 Å². The Hall–Kier alpha value is -3.78. The predicted molar refractivity (Wildman–Crippen MR) is 127 cm³/mol. The fourth-order valence-corrected chi connectivity index (χ4v) is 5.20. The van der Waals surface area contributed by atoms with Gasteiger partial charge >= 0.3 is 16.2 Å². The Balaban J connectivity index is 1.98. The number of nitrogens with zero attached hydrogens (tertiary/aromatic N) is 5. The summed E-state index contributed by atoms with van der Waals surface area (Å²) in [4.78, 5) is 31.7. The number of hydrogen-bond donors (Lipinski definition) is 0. The third-order valence-electron chi connectivity index (χ3n) is 5.87. The van der Waals surface area contributed by atoms with Gasteiger partial charge in [0, 0.05) is 43.9 Å². The number of urea groups is 1. The van der Waals surface area contributed by atoms with Crippen molar-refractivity contribution in [1.82, 2.24) is 13.3 Å². The summed E-state index contributed by atoms with van der Waals surface area (Å²) >= 11 is 0. The number of carbonyl (C=O) groups excluding carboxylic acids is 2. The highest BCUT2D eigenvalue weighted by Crippen LogP contribution is 2.42. The Kier molecular flexibility index (Phi) is 6.34. The Morgan fingerprint density at radius 2 is 1.72 bits per heavy atom. The molecule has 0 spiro atoms. The lowest BCUT2D eigenvalue weighted by Crippen LogP contribution is -2.48. The third-order valence-corrected chi connectivity index (χ3v) is 7.64. The van der Waals surface area contributed by atoms with Gasteiger partial charge in [-0.1, -0.05) is 0 Å². The van der Waals surface area contributed by atoms with E-state index < -0.39 is 33.6 Å². The largest absolute Gasteiger partial charge is 0.493 e. The van der Waals surface area contributed by atoms with Crippen LogP contribution in [-0.4, -0.2) is 68.9 Å². The summed E-state index contributed by atoms with van der Waals surface area (Å²) in [5.74, 6) is -2.83. The van der Waals surface area contributed by atoms with Gasteiger partial charge in [0.2, 0.25) is 0 Å². The van der Waals surface area contributed by atoms with E-state index in [0.29, 0.717) is 11.8 Å². The average molecular weight is 524 g/mol. The molecule has 2 aromatic heterocycles. The number of aromatic nitrogens is 2. The molecular weight excluding hydrogens is 500 g/mol. The normalized spacial score (nSPS) is 13.9. The van der Waals surface area contributed by atoms with Crippen LogP contribution in [0.25, 0.3) is 11.0 Å². The molecule has 0 N–H and O–H groups in total. The van der Waals surface area contributed by atoms with Gasteiger partial charge in [0.25, 0.3) is 0 Å². The molecule has 3 aromatic rings. The second-order valence-corrected chi connectivity index (χ2v) is 9.97. The van der Waals surface area contributed by atoms with E-state index in [0.717, 1.165) is 19.2 Å². The molecule has 3 heterocycles. The SMILES string of the molecule is CCN1C(=O)N(c2c(F)c(OC)cc(OC)c2F)Cc2cnc3c(cc(C=O)n3S(=O)(=O)N(C)C)c21. The molecule has 4 rings (SSSR count). The minimum Gasteiger partial charge on any atom is -0.493 e. The van der Waals surface area contributed by atoms with Gasteiger partial charge in [0.1, 0.15) is 11.4 Å². The number of fused-ring (bicyclic) bond motifs is 3. The molecule has 1 aromatic carbocycles. The summed E-state index contributed by atoms with van der Waals surface area (Å²) in [6, 6.07) is 1.58. The molecular formula is C22H23F2N5O6S. The average Bonchev–Trinajstić information content (AvgIpc) is 3.24. The second-order valence-electron chi connectivity index (χ2n) is 7.98. The molecule has 11 nitrogen and oxygen atoms in total. The molecule has 14 heteroatoms. The number of halogens is 2. The van der Waals surface area contributed by atoms with Crippen molar-refractivity contribution in [3.05, 3.63) is 41.2 Å². The number of carbonyl (C=O) groups is 2. The first-order valence-corrected chi connectivity index (χ1v) is 12.0. The van der Waals surface area contributed by atoms with Crippen LogP contribution in [0.3, 0.4) is 0 Å². The number of pyridine rings is 1. The molecule has 2 amide bonds. The van der Waals surface area contributed by atoms with E-state index in [4.69, 9.17) is 9.47 Å². The highest BCUT2D eigenvalue weighted by atomic mass is 32.2. The van der Waals surface area contributed by atoms with Gasteiger partial charge in [-0.2, -0.15) is 12.7 Å². The van der Waals surface area contributed by atoms with E-state index in [1.165, 1.54) is 45.5 Å². The Morgan fingerprint density at radius 1 is 1.11 bits per heavy atom. The highest BCUT2D eigenvalue weighted by Gasteiger charge is 2.38. The van der Waals surface area contributed by atoms with E-state index in [-0.39, 0.29) is 47.0 Å². The van der Waals surface area contributed by atoms with Crippen LogP contribution in [0.1, 0.15) is 23.0 Å². The number of rotatable bonds is 7. The van der Waals surface area contributed by atoms with Crippen molar-refractivity contribution < 1.29 is 36.3 Å². The van der Waals surface area contributed by atoms with Crippen LogP contribution >= 0.6 is 0 Å². The molecule has 0 unspecified atom stereocenters. The Morgan fingerprint density at radius 3 is 2.22 bits per heavy atom. The fraction of sp³-hybridized carbons (Fsp3) is 0.318. The number of hydrogen-bond acceptors (Lipinski definition) is 7. The first-order valence-electron chi connectivity index (χ1n) is 10.6. The Labute approximate surface area is 205 Å². The highest BCUT2D eigenvalue weighted by molar-refractivity contribution is 7.87. The van der Waals surface area contributed by atoms with Gasteiger partial charge in [0.05, 0.1) is 26.5 Å². The molecule has 0 bridgehead atoms. The lowest BCUT2D eigenvalue weighted by molar-refractivity contribution is 0.111. The molecule has 0 fully saturated rings. The van der Waals surface area contributed by atoms with Crippen LogP contribution in [0.4, 0.5) is 25.0 Å². The van der Waals surface area contributed by atoms with Crippen LogP contribution < -0.4 is 19.3 Å². The molecule has 0 saturated carbocycles. The molecule has 0 atom stereocenters. The van der Waals surface area contributed by atoms with Gasteiger partial charge < -0.3 is 9.47 Å². The summed E-state index contributed by atoms with van der Waals surface area (Å²) in [7, 11) is 0.872. The second kappa shape index (κ2) is 9.02. The molecule has 36 heavy (non-hydrogen) atoms. The van der Waals surface area contributed by atoms with Gasteiger partial charge in [0.15, 0.2) is 35.1 Å². The topological polar surface area (TPSA) is 114 Å². The van der Waals surface area contributed by atoms with Crippen molar-refractivity contribution >= 4 is 44.9 Å². The number of ether oxygens (including phenoxy) is 2. The van der Waals surface area contributed by atoms with Crippen molar-refractivity contribution in [3.8, 4) is 11.5 Å². The Bertz CT molecular complexity index is 1480. The summed E-state index contributed by atoms with van der Waals surface area (Å²) in [6.07, 6.45) is 1.68. The predicted octanol–water partition coefficient (Wildman–Crippen LogP) is 2.77. The smallest absolute Gasteiger partial charge is 0.329 e. The van der Waals surface area contributed by atoms with Crippen molar-refractivity contribution in [2.75, 3.05) is 44.7 Å². The first-order chi connectivity index (χ1) is 17.0. The maximum absolute atomic E-state index is 15.2. The summed E-state index contributed by atoms with van der Waals surface area (Å²) < 4.78 is 67.9. The third kappa shape index (κ3) is 3.55. The molecule has 1 aliphatic heterocycles. The van der Waals surface area contributed by atoms with E-state index >= 15 is 8.78 Å². The summed E-state index contributed by atoms with van der Waals surface area (Å²) in [6.45, 7) is 1.41. The van der Waals surface area contributed by atoms with Crippen LogP contribution in [0, 0.1) is 11.6 Å². The lowest BCUT2D eigenvalue weighted by Gasteiger charge is -2.37. The number of benzene rings is 1. The molecule has 0 aliphatic carbocycles. The number of methoxy groups -OCH3 is 2. The molecule has 0 radical (unpaired) electrons. The molecule has 1 aliphatic rings. The number of amides is 2. The lowest BCUT2D eigenvalue weighted by atomic mass is 10.1. The quantitative estimate of drug-likeness (QED) is 0.438. The van der Waals surface area contributed by atoms with E-state index in [2.05, 4.69) is 4.98 Å². The first kappa shape index (κ1) is 25.3. The minimum absolute atomic E-state index is 0.0633. The summed E-state index contributed by atoms with van der Waals surface area (Å²) in [5.41, 5.74) is -0.261. The van der Waals surface area contributed by atoms with Gasteiger partial charge in [-0.25, -0.2) is 22.5 Å². The monoisotopic (exact) mass is 523 g/mol. The van der Waals surface area contributed by atoms with E-state index in [1.807, 2.05) is 0 Å². The maximum atomic E-state index is 15.2. The van der Waals surface area contributed by atoms with Crippen molar-refractivity contribution in [3.63, 3.8) is 0 Å². The standard InChI is InChI=1S/C22H23F2N5O6S/c1-6-27-19-12(9-25-21-14(19)7-13(11-30)29(21)36(32,33)26(2)3)10-28(22(27)31)20-17(23)15(34-4)8-16(35-5)18(20)24/h7-9,11H,6,10H2,1-5H3. The molecule has 192 valence electrons. The van der Waals surface area contributed by atoms with Gasteiger partial charge in [-0.05, 0) is 13.0 Å². The van der Waals surface area contributed by atoms with Crippen LogP contribution in [0.15, 0.2) is 18.3 Å². The van der Waals surface area contributed by atoms with E-state index in [9.17, 15) is 18.0 Å².